The van der Waals surface area contributed by atoms with E-state index in [1.165, 1.54) is 11.1 Å². The van der Waals surface area contributed by atoms with Crippen LogP contribution in [0.25, 0.3) is 11.4 Å². The highest BCUT2D eigenvalue weighted by Crippen LogP contribution is 2.31. The predicted molar refractivity (Wildman–Crippen MR) is 87.3 cm³/mol. The Hall–Kier alpha value is -2.28. The van der Waals surface area contributed by atoms with Gasteiger partial charge in [0.25, 0.3) is 0 Å². The zero-order valence-corrected chi connectivity index (χ0v) is 14.0. The molecule has 7 nitrogen and oxygen atoms in total. The molecule has 0 saturated carbocycles. The minimum Gasteiger partial charge on any atom is -0.345 e. The first-order valence-corrected chi connectivity index (χ1v) is 8.39. The predicted octanol–water partition coefficient (Wildman–Crippen LogP) is 1.42. The van der Waals surface area contributed by atoms with Gasteiger partial charge in [0.15, 0.2) is 0 Å². The summed E-state index contributed by atoms with van der Waals surface area (Å²) < 4.78 is 5.55. The number of amides is 1. The van der Waals surface area contributed by atoms with E-state index in [0.29, 0.717) is 24.7 Å². The molecule has 1 fully saturated rings. The fraction of sp³-hybridized carbons (Fsp3) is 0.529. The molecule has 2 aliphatic rings. The highest BCUT2D eigenvalue weighted by atomic mass is 16.5. The van der Waals surface area contributed by atoms with Crippen molar-refractivity contribution in [3.63, 3.8) is 0 Å². The number of carbonyl (C=O) groups excluding carboxylic acids is 1. The molecule has 2 aliphatic heterocycles. The third-order valence-electron chi connectivity index (χ3n) is 4.97. The van der Waals surface area contributed by atoms with Crippen LogP contribution in [0.15, 0.2) is 10.7 Å². The van der Waals surface area contributed by atoms with Crippen molar-refractivity contribution in [2.45, 2.75) is 38.6 Å². The maximum atomic E-state index is 11.6. The van der Waals surface area contributed by atoms with Gasteiger partial charge in [-0.05, 0) is 37.4 Å². The van der Waals surface area contributed by atoms with Crippen molar-refractivity contribution in [1.82, 2.24) is 25.3 Å². The van der Waals surface area contributed by atoms with Gasteiger partial charge in [-0.1, -0.05) is 5.16 Å². The summed E-state index contributed by atoms with van der Waals surface area (Å²) in [6.07, 6.45) is 4.17. The number of aromatic nitrogens is 3. The summed E-state index contributed by atoms with van der Waals surface area (Å²) in [4.78, 5) is 22.5. The molecule has 7 heteroatoms. The number of nitrogens with zero attached hydrogens (tertiary/aromatic N) is 4. The van der Waals surface area contributed by atoms with Crippen LogP contribution < -0.4 is 5.32 Å². The van der Waals surface area contributed by atoms with Gasteiger partial charge in [0.1, 0.15) is 0 Å². The molecular weight excluding hydrogens is 306 g/mol. The number of nitrogens with one attached hydrogen (secondary N) is 1. The van der Waals surface area contributed by atoms with E-state index in [2.05, 4.69) is 20.4 Å². The topological polar surface area (TPSA) is 84.2 Å². The molecule has 126 valence electrons. The van der Waals surface area contributed by atoms with Crippen LogP contribution in [-0.2, 0) is 17.8 Å². The number of pyridine rings is 1. The largest absolute Gasteiger partial charge is 0.345 e. The molecule has 1 N–H and O–H groups in total. The smallest absolute Gasteiger partial charge is 0.231 e. The van der Waals surface area contributed by atoms with Gasteiger partial charge in [-0.2, -0.15) is 4.98 Å². The molecule has 4 heterocycles. The van der Waals surface area contributed by atoms with Crippen LogP contribution >= 0.6 is 0 Å². The average Bonchev–Trinajstić information content (AvgIpc) is 3.07. The summed E-state index contributed by atoms with van der Waals surface area (Å²) in [6, 6.07) is 0. The van der Waals surface area contributed by atoms with Crippen molar-refractivity contribution in [2.24, 2.45) is 0 Å². The average molecular weight is 327 g/mol. The Labute approximate surface area is 140 Å². The SMILES string of the molecule is Cc1ncc2c(c1-c1noc(C3CCC(=O)N(C)C3)n1)CCNC2. The van der Waals surface area contributed by atoms with Gasteiger partial charge in [0.05, 0.1) is 5.92 Å². The maximum Gasteiger partial charge on any atom is 0.231 e. The van der Waals surface area contributed by atoms with E-state index in [4.69, 9.17) is 4.52 Å². The van der Waals surface area contributed by atoms with Crippen LogP contribution in [0.3, 0.4) is 0 Å². The molecule has 2 aromatic heterocycles. The number of carbonyl (C=O) groups is 1. The third kappa shape index (κ3) is 2.58. The lowest BCUT2D eigenvalue weighted by Crippen LogP contribution is -2.35. The third-order valence-corrected chi connectivity index (χ3v) is 4.97. The van der Waals surface area contributed by atoms with Gasteiger partial charge in [0, 0.05) is 44.0 Å². The summed E-state index contributed by atoms with van der Waals surface area (Å²) in [6.45, 7) is 4.40. The van der Waals surface area contributed by atoms with Gasteiger partial charge in [0.2, 0.25) is 17.6 Å². The second-order valence-electron chi connectivity index (χ2n) is 6.62. The summed E-state index contributed by atoms with van der Waals surface area (Å²) >= 11 is 0. The quantitative estimate of drug-likeness (QED) is 0.898. The monoisotopic (exact) mass is 327 g/mol. The number of rotatable bonds is 2. The van der Waals surface area contributed by atoms with Crippen molar-refractivity contribution in [1.29, 1.82) is 0 Å². The van der Waals surface area contributed by atoms with Gasteiger partial charge in [-0.3, -0.25) is 9.78 Å². The Morgan fingerprint density at radius 1 is 1.38 bits per heavy atom. The molecular formula is C17H21N5O2. The molecule has 0 aliphatic carbocycles. The Balaban J connectivity index is 1.67. The number of fused-ring (bicyclic) bond motifs is 1. The zero-order valence-electron chi connectivity index (χ0n) is 14.0. The Morgan fingerprint density at radius 3 is 3.08 bits per heavy atom. The molecule has 0 radical (unpaired) electrons. The minimum absolute atomic E-state index is 0.114. The van der Waals surface area contributed by atoms with Gasteiger partial charge in [-0.25, -0.2) is 0 Å². The number of likely N-dealkylation sites (tertiary alicyclic amines) is 1. The fourth-order valence-corrected chi connectivity index (χ4v) is 3.58. The standard InChI is InChI=1S/C17H21N5O2/c1-10-15(13-5-6-18-7-12(13)8-19-10)16-20-17(24-21-16)11-3-4-14(23)22(2)9-11/h8,11,18H,3-7,9H2,1-2H3. The normalized spacial score (nSPS) is 21.0. The van der Waals surface area contributed by atoms with Crippen molar-refractivity contribution in [2.75, 3.05) is 20.1 Å². The van der Waals surface area contributed by atoms with E-state index in [-0.39, 0.29) is 11.8 Å². The lowest BCUT2D eigenvalue weighted by Gasteiger charge is -2.27. The van der Waals surface area contributed by atoms with Gasteiger partial charge >= 0.3 is 0 Å². The van der Waals surface area contributed by atoms with Crippen LogP contribution in [0.2, 0.25) is 0 Å². The molecule has 0 aromatic carbocycles. The summed E-state index contributed by atoms with van der Waals surface area (Å²) in [7, 11) is 1.82. The lowest BCUT2D eigenvalue weighted by atomic mass is 9.95. The zero-order chi connectivity index (χ0) is 16.7. The minimum atomic E-state index is 0.114. The number of likely N-dealkylation sites (N-methyl/N-ethyl adjacent to an activating group) is 1. The van der Waals surface area contributed by atoms with Crippen LogP contribution in [-0.4, -0.2) is 46.1 Å². The molecule has 2 aromatic rings. The van der Waals surface area contributed by atoms with Crippen molar-refractivity contribution < 1.29 is 9.32 Å². The Kier molecular flexibility index (Phi) is 3.80. The number of hydrogen-bond acceptors (Lipinski definition) is 6. The van der Waals surface area contributed by atoms with Crippen molar-refractivity contribution >= 4 is 5.91 Å². The van der Waals surface area contributed by atoms with E-state index in [1.54, 1.807) is 4.90 Å². The highest BCUT2D eigenvalue weighted by molar-refractivity contribution is 5.76. The molecule has 1 atom stereocenters. The van der Waals surface area contributed by atoms with Crippen molar-refractivity contribution in [3.8, 4) is 11.4 Å². The van der Waals surface area contributed by atoms with E-state index >= 15 is 0 Å². The maximum absolute atomic E-state index is 11.6. The van der Waals surface area contributed by atoms with Crippen LogP contribution in [0.4, 0.5) is 0 Å². The molecule has 0 spiro atoms. The first kappa shape index (κ1) is 15.3. The summed E-state index contributed by atoms with van der Waals surface area (Å²) in [5.41, 5.74) is 4.41. The molecule has 0 bridgehead atoms. The Bertz CT molecular complexity index is 785. The summed E-state index contributed by atoms with van der Waals surface area (Å²) in [5, 5.41) is 7.59. The lowest BCUT2D eigenvalue weighted by molar-refractivity contribution is -0.132. The molecule has 24 heavy (non-hydrogen) atoms. The number of piperidine rings is 1. The molecule has 1 amide bonds. The summed E-state index contributed by atoms with van der Waals surface area (Å²) in [5.74, 6) is 1.53. The van der Waals surface area contributed by atoms with E-state index in [9.17, 15) is 4.79 Å². The first-order valence-electron chi connectivity index (χ1n) is 8.39. The molecule has 1 unspecified atom stereocenters. The Morgan fingerprint density at radius 2 is 2.25 bits per heavy atom. The van der Waals surface area contributed by atoms with Crippen LogP contribution in [0, 0.1) is 6.92 Å². The van der Waals surface area contributed by atoms with E-state index < -0.39 is 0 Å². The number of hydrogen-bond donors (Lipinski definition) is 1. The molecule has 4 rings (SSSR count). The van der Waals surface area contributed by atoms with E-state index in [1.807, 2.05) is 20.2 Å². The van der Waals surface area contributed by atoms with Crippen LogP contribution in [0.5, 0.6) is 0 Å². The first-order chi connectivity index (χ1) is 11.6. The van der Waals surface area contributed by atoms with Gasteiger partial charge < -0.3 is 14.7 Å². The highest BCUT2D eigenvalue weighted by Gasteiger charge is 2.29. The van der Waals surface area contributed by atoms with Crippen LogP contribution in [0.1, 0.15) is 41.5 Å². The fourth-order valence-electron chi connectivity index (χ4n) is 3.58. The second-order valence-corrected chi connectivity index (χ2v) is 6.62. The molecule has 1 saturated heterocycles. The second kappa shape index (κ2) is 5.98. The van der Waals surface area contributed by atoms with Gasteiger partial charge in [-0.15, -0.1) is 0 Å². The van der Waals surface area contributed by atoms with E-state index in [0.717, 1.165) is 37.2 Å². The number of aryl methyl sites for hydroxylation is 1. The van der Waals surface area contributed by atoms with Crippen molar-refractivity contribution in [3.05, 3.63) is 28.9 Å².